The van der Waals surface area contributed by atoms with Gasteiger partial charge in [-0.2, -0.15) is 26.3 Å². The lowest BCUT2D eigenvalue weighted by Crippen LogP contribution is -2.42. The third kappa shape index (κ3) is 7.39. The Morgan fingerprint density at radius 3 is 1.93 bits per heavy atom. The first-order valence-corrected chi connectivity index (χ1v) is 14.0. The third-order valence-electron chi connectivity index (χ3n) is 8.25. The number of likely N-dealkylation sites (N-methyl/N-ethyl adjacent to an activating group) is 1. The van der Waals surface area contributed by atoms with Crippen molar-refractivity contribution < 1.29 is 50.2 Å². The average molecular weight is 641 g/mol. The lowest BCUT2D eigenvalue weighted by atomic mass is 9.81. The summed E-state index contributed by atoms with van der Waals surface area (Å²) in [5.74, 6) is -1.40. The van der Waals surface area contributed by atoms with Crippen LogP contribution >= 0.6 is 0 Å². The summed E-state index contributed by atoms with van der Waals surface area (Å²) in [4.78, 5) is 30.5. The molecular formula is C32H31F7N2O4. The Labute approximate surface area is 254 Å². The van der Waals surface area contributed by atoms with Crippen molar-refractivity contribution in [2.75, 3.05) is 11.9 Å². The first-order chi connectivity index (χ1) is 20.8. The van der Waals surface area contributed by atoms with Crippen LogP contribution in [0.1, 0.15) is 73.4 Å². The molecule has 0 unspecified atom stereocenters. The first kappa shape index (κ1) is 33.7. The number of amides is 1. The van der Waals surface area contributed by atoms with Gasteiger partial charge in [0.1, 0.15) is 11.9 Å². The van der Waals surface area contributed by atoms with Crippen LogP contribution in [-0.4, -0.2) is 35.3 Å². The minimum absolute atomic E-state index is 0.00704. The number of benzene rings is 2. The van der Waals surface area contributed by atoms with E-state index < -0.39 is 58.4 Å². The second-order valence-electron chi connectivity index (χ2n) is 11.7. The normalized spacial score (nSPS) is 17.6. The predicted octanol–water partition coefficient (Wildman–Crippen LogP) is 8.90. The molecule has 1 N–H and O–H groups in total. The second kappa shape index (κ2) is 12.3. The van der Waals surface area contributed by atoms with Crippen molar-refractivity contribution in [3.05, 3.63) is 82.4 Å². The smallest absolute Gasteiger partial charge is 0.450 e. The Morgan fingerprint density at radius 2 is 1.42 bits per heavy atom. The van der Waals surface area contributed by atoms with Gasteiger partial charge in [-0.05, 0) is 99.5 Å². The molecular weight excluding hydrogens is 609 g/mol. The predicted molar refractivity (Wildman–Crippen MR) is 151 cm³/mol. The Bertz CT molecular complexity index is 1560. The van der Waals surface area contributed by atoms with Crippen LogP contribution in [0.4, 0.5) is 41.2 Å². The van der Waals surface area contributed by atoms with Crippen LogP contribution < -0.4 is 4.90 Å². The molecule has 0 spiro atoms. The Morgan fingerprint density at radius 1 is 0.867 bits per heavy atom. The van der Waals surface area contributed by atoms with E-state index in [2.05, 4.69) is 4.98 Å². The number of nitrogens with zero attached hydrogens (tertiary/aromatic N) is 2. The van der Waals surface area contributed by atoms with Gasteiger partial charge in [0, 0.05) is 24.2 Å². The van der Waals surface area contributed by atoms with E-state index in [1.54, 1.807) is 13.0 Å². The number of carboxylic acid groups (broad SMARTS) is 1. The van der Waals surface area contributed by atoms with Crippen molar-refractivity contribution in [2.45, 2.75) is 76.2 Å². The molecule has 1 amide bonds. The number of hydrogen-bond acceptors (Lipinski definition) is 4. The summed E-state index contributed by atoms with van der Waals surface area (Å²) in [6.07, 6.45) is -8.53. The van der Waals surface area contributed by atoms with Crippen molar-refractivity contribution in [2.24, 2.45) is 0 Å². The van der Waals surface area contributed by atoms with Crippen LogP contribution in [0.25, 0.3) is 11.1 Å². The fourth-order valence-electron chi connectivity index (χ4n) is 5.69. The molecule has 2 aromatic carbocycles. The molecule has 13 heteroatoms. The van der Waals surface area contributed by atoms with Crippen LogP contribution in [0.3, 0.4) is 0 Å². The van der Waals surface area contributed by atoms with E-state index >= 15 is 0 Å². The summed E-state index contributed by atoms with van der Waals surface area (Å²) < 4.78 is 100. The highest BCUT2D eigenvalue weighted by Crippen LogP contribution is 2.42. The quantitative estimate of drug-likeness (QED) is 0.215. The molecule has 45 heavy (non-hydrogen) atoms. The number of carbonyl (C=O) groups is 2. The zero-order valence-corrected chi connectivity index (χ0v) is 24.8. The van der Waals surface area contributed by atoms with Gasteiger partial charge in [-0.25, -0.2) is 9.18 Å². The molecule has 0 radical (unpaired) electrons. The molecule has 1 aromatic heterocycles. The van der Waals surface area contributed by atoms with Crippen molar-refractivity contribution in [1.29, 1.82) is 0 Å². The Hall–Kier alpha value is -4.16. The molecule has 6 nitrogen and oxygen atoms in total. The van der Waals surface area contributed by atoms with Gasteiger partial charge in [0.2, 0.25) is 5.91 Å². The topological polar surface area (TPSA) is 79.7 Å². The summed E-state index contributed by atoms with van der Waals surface area (Å²) in [6.45, 7) is 4.14. The SMILES string of the molecule is Cc1cc(F)ccc1-c1cc(C2CCC(OC(=O)O)CC2)ncc1N(C)C(=O)C(C)(C)c1cc(C(F)(F)F)cc(C(F)(F)F)c1. The van der Waals surface area contributed by atoms with Crippen molar-refractivity contribution in [3.8, 4) is 11.1 Å². The van der Waals surface area contributed by atoms with Gasteiger partial charge in [0.05, 0.1) is 28.4 Å². The van der Waals surface area contributed by atoms with E-state index in [1.165, 1.54) is 45.3 Å². The van der Waals surface area contributed by atoms with E-state index in [-0.39, 0.29) is 17.7 Å². The van der Waals surface area contributed by atoms with E-state index in [0.29, 0.717) is 60.2 Å². The molecule has 0 aliphatic heterocycles. The third-order valence-corrected chi connectivity index (χ3v) is 8.25. The van der Waals surface area contributed by atoms with Crippen LogP contribution in [0, 0.1) is 12.7 Å². The Balaban J connectivity index is 1.76. The van der Waals surface area contributed by atoms with E-state index in [4.69, 9.17) is 9.84 Å². The first-order valence-electron chi connectivity index (χ1n) is 14.0. The maximum atomic E-state index is 14.0. The molecule has 1 aliphatic carbocycles. The molecule has 0 bridgehead atoms. The average Bonchev–Trinajstić information content (AvgIpc) is 2.95. The number of hydrogen-bond donors (Lipinski definition) is 1. The van der Waals surface area contributed by atoms with Crippen molar-refractivity contribution in [1.82, 2.24) is 4.98 Å². The van der Waals surface area contributed by atoms with Gasteiger partial charge in [-0.15, -0.1) is 0 Å². The fraction of sp³-hybridized carbons (Fsp3) is 0.406. The fourth-order valence-corrected chi connectivity index (χ4v) is 5.69. The lowest BCUT2D eigenvalue weighted by Gasteiger charge is -2.32. The van der Waals surface area contributed by atoms with E-state index in [9.17, 15) is 40.3 Å². The minimum Gasteiger partial charge on any atom is -0.450 e. The molecule has 1 fully saturated rings. The second-order valence-corrected chi connectivity index (χ2v) is 11.7. The lowest BCUT2D eigenvalue weighted by molar-refractivity contribution is -0.143. The van der Waals surface area contributed by atoms with Crippen LogP contribution in [-0.2, 0) is 27.3 Å². The standard InChI is InChI=1S/C32H31F7N2O4/c1-17-11-22(33)7-10-24(17)25-15-26(18-5-8-23(9-6-18)45-29(43)44)40-16-27(25)41(4)28(42)30(2,3)19-12-20(31(34,35)36)14-21(13-19)32(37,38)39/h7,10-16,18,23H,5-6,8-9H2,1-4H3,(H,43,44). The van der Waals surface area contributed by atoms with Crippen molar-refractivity contribution >= 4 is 17.7 Å². The summed E-state index contributed by atoms with van der Waals surface area (Å²) in [6, 6.07) is 6.84. The van der Waals surface area contributed by atoms with Gasteiger partial charge in [-0.3, -0.25) is 9.78 Å². The molecule has 1 heterocycles. The summed E-state index contributed by atoms with van der Waals surface area (Å²) in [5.41, 5.74) is -3.07. The minimum atomic E-state index is -5.09. The Kier molecular flexibility index (Phi) is 9.24. The highest BCUT2D eigenvalue weighted by molar-refractivity contribution is 6.03. The van der Waals surface area contributed by atoms with Gasteiger partial charge in [-0.1, -0.05) is 6.07 Å². The van der Waals surface area contributed by atoms with Gasteiger partial charge in [0.25, 0.3) is 0 Å². The molecule has 1 saturated carbocycles. The zero-order chi connectivity index (χ0) is 33.5. The highest BCUT2D eigenvalue weighted by atomic mass is 19.4. The number of carbonyl (C=O) groups excluding carboxylic acids is 1. The summed E-state index contributed by atoms with van der Waals surface area (Å²) >= 11 is 0. The molecule has 0 saturated heterocycles. The monoisotopic (exact) mass is 640 g/mol. The number of pyridine rings is 1. The maximum absolute atomic E-state index is 14.0. The number of halogens is 7. The number of ether oxygens (including phenoxy) is 1. The van der Waals surface area contributed by atoms with Crippen LogP contribution in [0.5, 0.6) is 0 Å². The number of aromatic nitrogens is 1. The number of anilines is 1. The number of rotatable bonds is 6. The van der Waals surface area contributed by atoms with Crippen molar-refractivity contribution in [3.63, 3.8) is 0 Å². The molecule has 0 atom stereocenters. The zero-order valence-electron chi connectivity index (χ0n) is 24.8. The van der Waals surface area contributed by atoms with E-state index in [0.717, 1.165) is 4.90 Å². The molecule has 3 aromatic rings. The van der Waals surface area contributed by atoms with Gasteiger partial charge >= 0.3 is 18.5 Å². The van der Waals surface area contributed by atoms with Crippen LogP contribution in [0.15, 0.2) is 48.7 Å². The largest absolute Gasteiger partial charge is 0.506 e. The van der Waals surface area contributed by atoms with Gasteiger partial charge in [0.15, 0.2) is 0 Å². The summed E-state index contributed by atoms with van der Waals surface area (Å²) in [5, 5.41) is 8.92. The maximum Gasteiger partial charge on any atom is 0.506 e. The molecule has 1 aliphatic rings. The van der Waals surface area contributed by atoms with E-state index in [1.807, 2.05) is 0 Å². The number of alkyl halides is 6. The molecule has 242 valence electrons. The summed E-state index contributed by atoms with van der Waals surface area (Å²) in [7, 11) is 1.34. The van der Waals surface area contributed by atoms with Gasteiger partial charge < -0.3 is 14.7 Å². The number of aryl methyl sites for hydroxylation is 1. The highest BCUT2D eigenvalue weighted by Gasteiger charge is 2.41. The molecule has 4 rings (SSSR count). The van der Waals surface area contributed by atoms with Crippen LogP contribution in [0.2, 0.25) is 0 Å².